The standard InChI is InChI=1S/C19H15ClFN7O2/c20-12-6-11(3-4-13(12)21)23-15-7-16(24-10-1-2-10)28-17(26-15)9(8-22-28)5-14-18(29)27-19(30)25-14/h3-8,10,24H,1-2H2,(H,23,26)(H2,25,27,29,30)/b14-5-. The van der Waals surface area contributed by atoms with Crippen molar-refractivity contribution < 1.29 is 14.0 Å². The summed E-state index contributed by atoms with van der Waals surface area (Å²) < 4.78 is 15.1. The number of imide groups is 1. The maximum atomic E-state index is 13.5. The summed E-state index contributed by atoms with van der Waals surface area (Å²) in [5.74, 6) is 0.158. The lowest BCUT2D eigenvalue weighted by molar-refractivity contribution is -0.115. The third-order valence-corrected chi connectivity index (χ3v) is 4.93. The van der Waals surface area contributed by atoms with Crippen molar-refractivity contribution in [2.24, 2.45) is 0 Å². The Morgan fingerprint density at radius 2 is 2.07 bits per heavy atom. The maximum Gasteiger partial charge on any atom is 0.326 e. The zero-order valence-electron chi connectivity index (χ0n) is 15.4. The molecule has 4 N–H and O–H groups in total. The number of carbonyl (C=O) groups is 2. The van der Waals surface area contributed by atoms with Crippen LogP contribution < -0.4 is 21.3 Å². The molecule has 1 aliphatic heterocycles. The van der Waals surface area contributed by atoms with E-state index in [1.54, 1.807) is 22.8 Å². The average molecular weight is 428 g/mol. The first kappa shape index (κ1) is 18.4. The number of rotatable bonds is 5. The van der Waals surface area contributed by atoms with Crippen LogP contribution >= 0.6 is 11.6 Å². The van der Waals surface area contributed by atoms with Crippen molar-refractivity contribution in [2.75, 3.05) is 10.6 Å². The van der Waals surface area contributed by atoms with Gasteiger partial charge in [-0.25, -0.2) is 14.2 Å². The van der Waals surface area contributed by atoms with Crippen LogP contribution in [0.2, 0.25) is 5.02 Å². The predicted molar refractivity (Wildman–Crippen MR) is 109 cm³/mol. The van der Waals surface area contributed by atoms with Gasteiger partial charge in [-0.1, -0.05) is 11.6 Å². The van der Waals surface area contributed by atoms with Gasteiger partial charge in [0, 0.05) is 23.4 Å². The minimum atomic E-state index is -0.581. The van der Waals surface area contributed by atoms with Crippen LogP contribution in [-0.2, 0) is 4.79 Å². The Bertz CT molecular complexity index is 1240. The fourth-order valence-corrected chi connectivity index (χ4v) is 3.23. The van der Waals surface area contributed by atoms with E-state index >= 15 is 0 Å². The molecule has 0 unspecified atom stereocenters. The van der Waals surface area contributed by atoms with Gasteiger partial charge in [-0.2, -0.15) is 9.61 Å². The van der Waals surface area contributed by atoms with E-state index in [0.717, 1.165) is 12.8 Å². The van der Waals surface area contributed by atoms with Crippen LogP contribution in [-0.4, -0.2) is 32.6 Å². The number of benzene rings is 1. The molecule has 0 atom stereocenters. The van der Waals surface area contributed by atoms with E-state index in [1.807, 2.05) is 0 Å². The molecule has 0 radical (unpaired) electrons. The number of urea groups is 1. The van der Waals surface area contributed by atoms with E-state index in [-0.39, 0.29) is 10.7 Å². The summed E-state index contributed by atoms with van der Waals surface area (Å²) in [4.78, 5) is 27.8. The number of anilines is 3. The average Bonchev–Trinajstić information content (AvgIpc) is 3.34. The van der Waals surface area contributed by atoms with E-state index in [9.17, 15) is 14.0 Å². The van der Waals surface area contributed by atoms with Gasteiger partial charge in [0.1, 0.15) is 23.1 Å². The van der Waals surface area contributed by atoms with Gasteiger partial charge >= 0.3 is 6.03 Å². The number of carbonyl (C=O) groups excluding carboxylic acids is 2. The number of hydrogen-bond acceptors (Lipinski definition) is 6. The molecule has 1 saturated carbocycles. The molecule has 0 spiro atoms. The number of nitrogens with zero attached hydrogens (tertiary/aromatic N) is 3. The molecule has 1 saturated heterocycles. The minimum Gasteiger partial charge on any atom is -0.367 e. The summed E-state index contributed by atoms with van der Waals surface area (Å²) in [5, 5.41) is 15.5. The fourth-order valence-electron chi connectivity index (χ4n) is 3.05. The molecule has 5 rings (SSSR count). The van der Waals surface area contributed by atoms with E-state index in [0.29, 0.717) is 34.6 Å². The lowest BCUT2D eigenvalue weighted by Crippen LogP contribution is -2.22. The zero-order valence-corrected chi connectivity index (χ0v) is 16.1. The largest absolute Gasteiger partial charge is 0.367 e. The summed E-state index contributed by atoms with van der Waals surface area (Å²) in [7, 11) is 0. The highest BCUT2D eigenvalue weighted by Crippen LogP contribution is 2.29. The Morgan fingerprint density at radius 3 is 2.77 bits per heavy atom. The van der Waals surface area contributed by atoms with Crippen molar-refractivity contribution in [2.45, 2.75) is 18.9 Å². The van der Waals surface area contributed by atoms with Gasteiger partial charge in [0.05, 0.1) is 11.2 Å². The second-order valence-electron chi connectivity index (χ2n) is 7.00. The molecule has 11 heteroatoms. The fraction of sp³-hybridized carbons (Fsp3) is 0.158. The van der Waals surface area contributed by atoms with Crippen LogP contribution in [0.5, 0.6) is 0 Å². The second kappa shape index (κ2) is 6.99. The van der Waals surface area contributed by atoms with Gasteiger partial charge in [0.15, 0.2) is 5.65 Å². The molecule has 1 aliphatic carbocycles. The molecule has 3 heterocycles. The molecule has 30 heavy (non-hydrogen) atoms. The smallest absolute Gasteiger partial charge is 0.326 e. The molecule has 2 fully saturated rings. The van der Waals surface area contributed by atoms with Crippen LogP contribution in [0, 0.1) is 5.82 Å². The van der Waals surface area contributed by atoms with Gasteiger partial charge in [-0.05, 0) is 37.1 Å². The number of hydrogen-bond donors (Lipinski definition) is 4. The van der Waals surface area contributed by atoms with Crippen LogP contribution in [0.25, 0.3) is 11.7 Å². The van der Waals surface area contributed by atoms with Crippen LogP contribution in [0.4, 0.5) is 26.5 Å². The Kier molecular flexibility index (Phi) is 4.28. The molecule has 3 aromatic rings. The SMILES string of the molecule is O=C1NC(=O)/C(=C/c2cnn3c(NC4CC4)cc(Nc4ccc(F)c(Cl)c4)nc23)N1. The monoisotopic (exact) mass is 427 g/mol. The number of aromatic nitrogens is 3. The molecule has 2 aromatic heterocycles. The van der Waals surface area contributed by atoms with Crippen molar-refractivity contribution in [1.29, 1.82) is 0 Å². The van der Waals surface area contributed by atoms with Crippen molar-refractivity contribution in [3.05, 3.63) is 52.6 Å². The molecule has 2 aliphatic rings. The molecule has 3 amide bonds. The normalized spacial score (nSPS) is 17.3. The molecule has 0 bridgehead atoms. The summed E-state index contributed by atoms with van der Waals surface area (Å²) in [6.45, 7) is 0. The predicted octanol–water partition coefficient (Wildman–Crippen LogP) is 3.02. The van der Waals surface area contributed by atoms with E-state index < -0.39 is 17.8 Å². The van der Waals surface area contributed by atoms with Crippen molar-refractivity contribution >= 4 is 52.6 Å². The lowest BCUT2D eigenvalue weighted by atomic mass is 10.2. The Morgan fingerprint density at radius 1 is 1.23 bits per heavy atom. The van der Waals surface area contributed by atoms with Crippen LogP contribution in [0.3, 0.4) is 0 Å². The van der Waals surface area contributed by atoms with Gasteiger partial charge in [-0.3, -0.25) is 10.1 Å². The number of amides is 3. The third-order valence-electron chi connectivity index (χ3n) is 4.64. The summed E-state index contributed by atoms with van der Waals surface area (Å²) in [6.07, 6.45) is 5.19. The topological polar surface area (TPSA) is 112 Å². The first-order valence-corrected chi connectivity index (χ1v) is 9.55. The zero-order chi connectivity index (χ0) is 20.8. The minimum absolute atomic E-state index is 0.00447. The molecular weight excluding hydrogens is 413 g/mol. The van der Waals surface area contributed by atoms with Crippen molar-refractivity contribution in [1.82, 2.24) is 25.2 Å². The van der Waals surface area contributed by atoms with Crippen molar-refractivity contribution in [3.8, 4) is 0 Å². The molecule has 9 nitrogen and oxygen atoms in total. The molecular formula is C19H15ClFN7O2. The lowest BCUT2D eigenvalue weighted by Gasteiger charge is -2.12. The number of halogens is 2. The summed E-state index contributed by atoms with van der Waals surface area (Å²) in [6, 6.07) is 5.85. The van der Waals surface area contributed by atoms with Gasteiger partial charge < -0.3 is 16.0 Å². The molecule has 1 aromatic carbocycles. The first-order chi connectivity index (χ1) is 14.5. The van der Waals surface area contributed by atoms with Crippen molar-refractivity contribution in [3.63, 3.8) is 0 Å². The Labute approximate surface area is 174 Å². The Hall–Kier alpha value is -3.66. The van der Waals surface area contributed by atoms with E-state index in [4.69, 9.17) is 11.6 Å². The second-order valence-corrected chi connectivity index (χ2v) is 7.41. The third kappa shape index (κ3) is 3.52. The molecule has 152 valence electrons. The Balaban J connectivity index is 1.57. The van der Waals surface area contributed by atoms with Gasteiger partial charge in [0.25, 0.3) is 5.91 Å². The van der Waals surface area contributed by atoms with Gasteiger partial charge in [0.2, 0.25) is 0 Å². The highest BCUT2D eigenvalue weighted by molar-refractivity contribution is 6.31. The number of fused-ring (bicyclic) bond motifs is 1. The van der Waals surface area contributed by atoms with Crippen LogP contribution in [0.1, 0.15) is 18.4 Å². The maximum absolute atomic E-state index is 13.5. The summed E-state index contributed by atoms with van der Waals surface area (Å²) in [5.41, 5.74) is 1.69. The highest BCUT2D eigenvalue weighted by Gasteiger charge is 2.25. The van der Waals surface area contributed by atoms with Gasteiger partial charge in [-0.15, -0.1) is 0 Å². The summed E-state index contributed by atoms with van der Waals surface area (Å²) >= 11 is 5.87. The number of nitrogens with one attached hydrogen (secondary N) is 4. The first-order valence-electron chi connectivity index (χ1n) is 9.18. The highest BCUT2D eigenvalue weighted by atomic mass is 35.5. The van der Waals surface area contributed by atoms with E-state index in [1.165, 1.54) is 18.2 Å². The quantitative estimate of drug-likeness (QED) is 0.368. The van der Waals surface area contributed by atoms with E-state index in [2.05, 4.69) is 31.3 Å². The van der Waals surface area contributed by atoms with Crippen LogP contribution in [0.15, 0.2) is 36.2 Å².